The monoisotopic (exact) mass is 288 g/mol. The van der Waals surface area contributed by atoms with Crippen LogP contribution in [-0.2, 0) is 0 Å². The van der Waals surface area contributed by atoms with Crippen LogP contribution in [0.5, 0.6) is 0 Å². The predicted molar refractivity (Wildman–Crippen MR) is 50.6 cm³/mol. The molecule has 2 heteroatoms. The van der Waals surface area contributed by atoms with Gasteiger partial charge in [0.1, 0.15) is 0 Å². The molecule has 0 rings (SSSR count). The van der Waals surface area contributed by atoms with E-state index in [-0.39, 0.29) is 0 Å². The van der Waals surface area contributed by atoms with E-state index in [2.05, 4.69) is 51.5 Å². The molecule has 0 aromatic rings. The van der Waals surface area contributed by atoms with Gasteiger partial charge in [-0.15, -0.1) is 0 Å². The molecule has 0 nitrogen and oxygen atoms in total. The average Bonchev–Trinajstić information content (AvgIpc) is 1.66. The molecule has 0 heterocycles. The Morgan fingerprint density at radius 3 is 2.75 bits per heavy atom. The molecule has 8 heavy (non-hydrogen) atoms. The van der Waals surface area contributed by atoms with Crippen LogP contribution >= 0.6 is 38.5 Å². The lowest BCUT2D eigenvalue weighted by Crippen LogP contribution is -1.64. The lowest BCUT2D eigenvalue weighted by Gasteiger charge is -1.86. The molecule has 0 amide bonds. The molecule has 0 aromatic heterocycles. The lowest BCUT2D eigenvalue weighted by atomic mass is 10.3. The van der Waals surface area contributed by atoms with Crippen LogP contribution < -0.4 is 0 Å². The van der Waals surface area contributed by atoms with E-state index in [0.29, 0.717) is 0 Å². The van der Waals surface area contributed by atoms with Crippen LogP contribution in [0.3, 0.4) is 0 Å². The largest absolute Gasteiger partial charge is 0.0654 e. The third-order valence-electron chi connectivity index (χ3n) is 0.856. The second-order valence-electron chi connectivity index (χ2n) is 1.64. The maximum atomic E-state index is 3.35. The highest BCUT2D eigenvalue weighted by Crippen LogP contribution is 2.15. The van der Waals surface area contributed by atoms with Crippen molar-refractivity contribution >= 4 is 38.5 Å². The number of unbranched alkanes of at least 4 members (excludes halogenated alkanes) is 2. The Bertz CT molecular complexity index is 74.6. The molecule has 0 spiro atoms. The maximum Gasteiger partial charge on any atom is 0.0519 e. The normalized spacial score (nSPS) is 12.1. The standard InChI is InChI=1S/C6H10BrI/c1-2-3-4-5-6(7)8/h5H,2-4H2,1H3/b6-5-. The Kier molecular flexibility index (Phi) is 6.80. The SMILES string of the molecule is CCCC/C=C(/Br)I. The summed E-state index contributed by atoms with van der Waals surface area (Å²) in [5.74, 6) is 0. The van der Waals surface area contributed by atoms with Crippen LogP contribution in [0, 0.1) is 0 Å². The molecule has 0 saturated heterocycles. The molecule has 0 fully saturated rings. The second kappa shape index (κ2) is 6.08. The van der Waals surface area contributed by atoms with E-state index in [1.807, 2.05) is 0 Å². The van der Waals surface area contributed by atoms with Crippen molar-refractivity contribution in [1.29, 1.82) is 0 Å². The first-order valence-corrected chi connectivity index (χ1v) is 4.65. The van der Waals surface area contributed by atoms with Crippen molar-refractivity contribution in [1.82, 2.24) is 0 Å². The summed E-state index contributed by atoms with van der Waals surface area (Å²) in [5, 5.41) is 0. The van der Waals surface area contributed by atoms with Crippen LogP contribution in [0.2, 0.25) is 0 Å². The zero-order valence-corrected chi connectivity index (χ0v) is 8.70. The highest BCUT2D eigenvalue weighted by atomic mass is 127. The van der Waals surface area contributed by atoms with Gasteiger partial charge in [0.15, 0.2) is 0 Å². The lowest BCUT2D eigenvalue weighted by molar-refractivity contribution is 0.815. The third-order valence-corrected chi connectivity index (χ3v) is 1.62. The Hall–Kier alpha value is 0.950. The molecule has 0 bridgehead atoms. The number of halogens is 2. The first kappa shape index (κ1) is 8.95. The van der Waals surface area contributed by atoms with E-state index >= 15 is 0 Å². The van der Waals surface area contributed by atoms with Gasteiger partial charge in [-0.25, -0.2) is 0 Å². The summed E-state index contributed by atoms with van der Waals surface area (Å²) in [6.07, 6.45) is 6.00. The van der Waals surface area contributed by atoms with Crippen LogP contribution in [-0.4, -0.2) is 0 Å². The van der Waals surface area contributed by atoms with Crippen molar-refractivity contribution in [3.05, 3.63) is 8.57 Å². The fraction of sp³-hybridized carbons (Fsp3) is 0.667. The van der Waals surface area contributed by atoms with E-state index < -0.39 is 0 Å². The minimum Gasteiger partial charge on any atom is -0.0654 e. The Morgan fingerprint density at radius 2 is 2.38 bits per heavy atom. The van der Waals surface area contributed by atoms with Gasteiger partial charge in [0, 0.05) is 0 Å². The molecule has 0 aliphatic carbocycles. The number of allylic oxidation sites excluding steroid dienone is 1. The number of rotatable bonds is 3. The molecule has 0 atom stereocenters. The summed E-state index contributed by atoms with van der Waals surface area (Å²) in [6, 6.07) is 0. The topological polar surface area (TPSA) is 0 Å². The summed E-state index contributed by atoms with van der Waals surface area (Å²) in [4.78, 5) is 0. The Balaban J connectivity index is 3.03. The zero-order valence-electron chi connectivity index (χ0n) is 4.95. The molecule has 0 N–H and O–H groups in total. The van der Waals surface area contributed by atoms with Crippen molar-refractivity contribution in [2.24, 2.45) is 0 Å². The quantitative estimate of drug-likeness (QED) is 0.547. The molecule has 0 unspecified atom stereocenters. The molecule has 0 saturated carbocycles. The minimum absolute atomic E-state index is 1.21. The van der Waals surface area contributed by atoms with Crippen molar-refractivity contribution < 1.29 is 0 Å². The van der Waals surface area contributed by atoms with Crippen molar-refractivity contribution in [2.75, 3.05) is 0 Å². The Labute approximate surface area is 73.0 Å². The summed E-state index contributed by atoms with van der Waals surface area (Å²) < 4.78 is 1.23. The van der Waals surface area contributed by atoms with E-state index in [9.17, 15) is 0 Å². The summed E-state index contributed by atoms with van der Waals surface area (Å²) >= 11 is 5.61. The fourth-order valence-corrected chi connectivity index (χ4v) is 0.956. The Morgan fingerprint density at radius 1 is 1.75 bits per heavy atom. The first-order valence-electron chi connectivity index (χ1n) is 2.78. The van der Waals surface area contributed by atoms with Gasteiger partial charge in [-0.05, 0) is 44.9 Å². The van der Waals surface area contributed by atoms with Crippen molar-refractivity contribution in [2.45, 2.75) is 26.2 Å². The van der Waals surface area contributed by atoms with E-state index in [0.717, 1.165) is 0 Å². The molecular formula is C6H10BrI. The van der Waals surface area contributed by atoms with E-state index in [1.54, 1.807) is 0 Å². The van der Waals surface area contributed by atoms with Gasteiger partial charge in [0.2, 0.25) is 0 Å². The minimum atomic E-state index is 1.21. The molecule has 48 valence electrons. The van der Waals surface area contributed by atoms with Gasteiger partial charge in [-0.2, -0.15) is 0 Å². The van der Waals surface area contributed by atoms with Crippen LogP contribution in [0.4, 0.5) is 0 Å². The summed E-state index contributed by atoms with van der Waals surface area (Å²) in [5.41, 5.74) is 0. The molecule has 0 aliphatic rings. The van der Waals surface area contributed by atoms with Gasteiger partial charge in [0.25, 0.3) is 0 Å². The first-order chi connectivity index (χ1) is 3.77. The van der Waals surface area contributed by atoms with Crippen molar-refractivity contribution in [3.63, 3.8) is 0 Å². The average molecular weight is 289 g/mol. The second-order valence-corrected chi connectivity index (χ2v) is 5.13. The molecule has 0 aromatic carbocycles. The van der Waals surface area contributed by atoms with Crippen LogP contribution in [0.15, 0.2) is 8.57 Å². The third kappa shape index (κ3) is 6.95. The number of hydrogen-bond donors (Lipinski definition) is 0. The van der Waals surface area contributed by atoms with Gasteiger partial charge in [-0.1, -0.05) is 25.8 Å². The summed E-state index contributed by atoms with van der Waals surface area (Å²) in [7, 11) is 0. The van der Waals surface area contributed by atoms with Gasteiger partial charge in [0.05, 0.1) is 2.49 Å². The summed E-state index contributed by atoms with van der Waals surface area (Å²) in [6.45, 7) is 2.20. The molecule has 0 aliphatic heterocycles. The molecule has 0 radical (unpaired) electrons. The predicted octanol–water partition coefficient (Wildman–Crippen LogP) is 3.85. The van der Waals surface area contributed by atoms with E-state index in [4.69, 9.17) is 0 Å². The van der Waals surface area contributed by atoms with Gasteiger partial charge in [-0.3, -0.25) is 0 Å². The van der Waals surface area contributed by atoms with E-state index in [1.165, 1.54) is 21.8 Å². The maximum absolute atomic E-state index is 3.35. The number of hydrogen-bond acceptors (Lipinski definition) is 0. The zero-order chi connectivity index (χ0) is 6.41. The fourth-order valence-electron chi connectivity index (χ4n) is 0.415. The van der Waals surface area contributed by atoms with Crippen LogP contribution in [0.25, 0.3) is 0 Å². The van der Waals surface area contributed by atoms with Gasteiger partial charge < -0.3 is 0 Å². The van der Waals surface area contributed by atoms with Crippen LogP contribution in [0.1, 0.15) is 26.2 Å². The highest BCUT2D eigenvalue weighted by Gasteiger charge is 1.80. The van der Waals surface area contributed by atoms with Crippen molar-refractivity contribution in [3.8, 4) is 0 Å². The smallest absolute Gasteiger partial charge is 0.0519 e. The highest BCUT2D eigenvalue weighted by molar-refractivity contribution is 14.1. The van der Waals surface area contributed by atoms with Gasteiger partial charge >= 0.3 is 0 Å². The molecular weight excluding hydrogens is 279 g/mol.